The zero-order chi connectivity index (χ0) is 17.0. The van der Waals surface area contributed by atoms with Crippen molar-refractivity contribution in [3.63, 3.8) is 0 Å². The molecule has 1 aromatic carbocycles. The van der Waals surface area contributed by atoms with Crippen LogP contribution in [0.2, 0.25) is 0 Å². The number of rotatable bonds is 5. The van der Waals surface area contributed by atoms with Crippen molar-refractivity contribution >= 4 is 22.1 Å². The van der Waals surface area contributed by atoms with Crippen LogP contribution in [0.3, 0.4) is 0 Å². The lowest BCUT2D eigenvalue weighted by atomic mass is 10.1. The molecule has 1 N–H and O–H groups in total. The molecule has 1 heterocycles. The minimum Gasteiger partial charge on any atom is -0.320 e. The zero-order valence-electron chi connectivity index (χ0n) is 12.4. The summed E-state index contributed by atoms with van der Waals surface area (Å²) in [6.07, 6.45) is 0. The van der Waals surface area contributed by atoms with E-state index >= 15 is 0 Å². The number of hydrogen-bond donors (Lipinski definition) is 1. The molecule has 0 spiro atoms. The summed E-state index contributed by atoms with van der Waals surface area (Å²) in [6, 6.07) is 7.28. The van der Waals surface area contributed by atoms with E-state index in [2.05, 4.69) is 0 Å². The Kier molecular flexibility index (Phi) is 4.98. The van der Waals surface area contributed by atoms with Crippen molar-refractivity contribution in [1.82, 2.24) is 10.2 Å². The molecule has 8 nitrogen and oxygen atoms in total. The second-order valence-electron chi connectivity index (χ2n) is 5.01. The predicted molar refractivity (Wildman–Crippen MR) is 78.5 cm³/mol. The van der Waals surface area contributed by atoms with E-state index in [4.69, 9.17) is 9.44 Å². The second-order valence-corrected chi connectivity index (χ2v) is 6.63. The summed E-state index contributed by atoms with van der Waals surface area (Å²) in [4.78, 5) is 24.1. The van der Waals surface area contributed by atoms with E-state index in [1.165, 1.54) is 17.0 Å². The maximum atomic E-state index is 12.0. The molecule has 0 aromatic heterocycles. The number of nitrogens with zero attached hydrogens (tertiary/aromatic N) is 2. The predicted octanol–water partition coefficient (Wildman–Crippen LogP) is 0.392. The van der Waals surface area contributed by atoms with Gasteiger partial charge in [0.05, 0.1) is 17.6 Å². The third-order valence-corrected chi connectivity index (χ3v) is 4.63. The van der Waals surface area contributed by atoms with Crippen LogP contribution in [0.4, 0.5) is 4.79 Å². The molecule has 1 saturated heterocycles. The van der Waals surface area contributed by atoms with E-state index in [0.29, 0.717) is 0 Å². The first-order valence-corrected chi connectivity index (χ1v) is 8.20. The fourth-order valence-corrected chi connectivity index (χ4v) is 2.88. The van der Waals surface area contributed by atoms with Crippen LogP contribution in [-0.2, 0) is 19.1 Å². The molecule has 1 unspecified atom stereocenters. The van der Waals surface area contributed by atoms with E-state index in [9.17, 15) is 18.0 Å². The molecule has 1 atom stereocenters. The summed E-state index contributed by atoms with van der Waals surface area (Å²) in [5, 5.41) is 10.9. The van der Waals surface area contributed by atoms with E-state index in [1.807, 2.05) is 12.2 Å². The molecule has 0 saturated carbocycles. The van der Waals surface area contributed by atoms with Crippen molar-refractivity contribution in [1.29, 1.82) is 5.26 Å². The number of imide groups is 1. The average Bonchev–Trinajstić information content (AvgIpc) is 2.50. The molecule has 1 aliphatic rings. The highest BCUT2D eigenvalue weighted by Gasteiger charge is 2.32. The van der Waals surface area contributed by atoms with Crippen molar-refractivity contribution < 1.29 is 22.2 Å². The van der Waals surface area contributed by atoms with Gasteiger partial charge >= 0.3 is 6.03 Å². The maximum Gasteiger partial charge on any atom is 0.324 e. The molecular formula is C14H15N3O5S. The summed E-state index contributed by atoms with van der Waals surface area (Å²) < 4.78 is 28.9. The van der Waals surface area contributed by atoms with Crippen LogP contribution >= 0.6 is 0 Å². The average molecular weight is 337 g/mol. The van der Waals surface area contributed by atoms with Gasteiger partial charge in [0.25, 0.3) is 10.1 Å². The van der Waals surface area contributed by atoms with Crippen LogP contribution in [0.5, 0.6) is 0 Å². The molecule has 0 aliphatic carbocycles. The van der Waals surface area contributed by atoms with Crippen LogP contribution in [-0.4, -0.2) is 45.0 Å². The lowest BCUT2D eigenvalue weighted by Crippen LogP contribution is -2.54. The lowest BCUT2D eigenvalue weighted by Gasteiger charge is -2.28. The third kappa shape index (κ3) is 4.06. The minimum atomic E-state index is -3.92. The fourth-order valence-electron chi connectivity index (χ4n) is 1.98. The van der Waals surface area contributed by atoms with Gasteiger partial charge in [-0.05, 0) is 19.1 Å². The standard InChI is InChI=1S/C14H15N3O5S/c1-10-2-4-12(5-3-10)23(20,21)22-7-6-17-9-11(8-15)13(18)16-14(17)19/h2-5,11H,6-7,9H2,1H3,(H,16,18,19). The number of nitriles is 1. The van der Waals surface area contributed by atoms with Gasteiger partial charge in [0.15, 0.2) is 0 Å². The van der Waals surface area contributed by atoms with Gasteiger partial charge < -0.3 is 4.90 Å². The molecule has 1 fully saturated rings. The smallest absolute Gasteiger partial charge is 0.320 e. The van der Waals surface area contributed by atoms with E-state index in [0.717, 1.165) is 5.56 Å². The van der Waals surface area contributed by atoms with Gasteiger partial charge in [-0.3, -0.25) is 14.3 Å². The zero-order valence-corrected chi connectivity index (χ0v) is 13.2. The topological polar surface area (TPSA) is 117 Å². The van der Waals surface area contributed by atoms with Crippen molar-refractivity contribution in [2.45, 2.75) is 11.8 Å². The Labute approximate surface area is 133 Å². The number of aryl methyl sites for hydroxylation is 1. The van der Waals surface area contributed by atoms with Gasteiger partial charge in [0, 0.05) is 13.1 Å². The molecule has 0 bridgehead atoms. The van der Waals surface area contributed by atoms with Crippen LogP contribution in [0.25, 0.3) is 0 Å². The number of urea groups is 1. The molecule has 1 aromatic rings. The van der Waals surface area contributed by atoms with E-state index in [1.54, 1.807) is 18.2 Å². The highest BCUT2D eigenvalue weighted by molar-refractivity contribution is 7.86. The summed E-state index contributed by atoms with van der Waals surface area (Å²) in [5.41, 5.74) is 0.918. The SMILES string of the molecule is Cc1ccc(S(=O)(=O)OCCN2CC(C#N)C(=O)NC2=O)cc1. The van der Waals surface area contributed by atoms with Gasteiger partial charge in [0.1, 0.15) is 5.92 Å². The largest absolute Gasteiger partial charge is 0.324 e. The third-order valence-electron chi connectivity index (χ3n) is 3.30. The highest BCUT2D eigenvalue weighted by atomic mass is 32.2. The molecule has 23 heavy (non-hydrogen) atoms. The first kappa shape index (κ1) is 16.9. The van der Waals surface area contributed by atoms with Crippen LogP contribution in [0.15, 0.2) is 29.2 Å². The van der Waals surface area contributed by atoms with Crippen molar-refractivity contribution in [2.24, 2.45) is 5.92 Å². The number of carbonyl (C=O) groups is 2. The van der Waals surface area contributed by atoms with Gasteiger partial charge in [-0.25, -0.2) is 4.79 Å². The number of hydrogen-bond acceptors (Lipinski definition) is 6. The van der Waals surface area contributed by atoms with E-state index < -0.39 is 28.0 Å². The molecule has 3 amide bonds. The van der Waals surface area contributed by atoms with Crippen molar-refractivity contribution in [3.05, 3.63) is 29.8 Å². The Bertz CT molecular complexity index is 752. The second kappa shape index (κ2) is 6.76. The number of nitrogens with one attached hydrogen (secondary N) is 1. The van der Waals surface area contributed by atoms with Gasteiger partial charge in [-0.2, -0.15) is 13.7 Å². The highest BCUT2D eigenvalue weighted by Crippen LogP contribution is 2.14. The summed E-state index contributed by atoms with van der Waals surface area (Å²) in [7, 11) is -3.92. The Balaban J connectivity index is 1.94. The quantitative estimate of drug-likeness (QED) is 0.777. The molecular weight excluding hydrogens is 322 g/mol. The van der Waals surface area contributed by atoms with Gasteiger partial charge in [0.2, 0.25) is 5.91 Å². The molecule has 0 radical (unpaired) electrons. The fraction of sp³-hybridized carbons (Fsp3) is 0.357. The van der Waals surface area contributed by atoms with Crippen LogP contribution < -0.4 is 5.32 Å². The summed E-state index contributed by atoms with van der Waals surface area (Å²) in [5.74, 6) is -1.62. The number of carbonyl (C=O) groups excluding carboxylic acids is 2. The van der Waals surface area contributed by atoms with Crippen molar-refractivity contribution in [3.8, 4) is 6.07 Å². The summed E-state index contributed by atoms with van der Waals surface area (Å²) >= 11 is 0. The van der Waals surface area contributed by atoms with Crippen molar-refractivity contribution in [2.75, 3.05) is 19.7 Å². The molecule has 2 rings (SSSR count). The Morgan fingerprint density at radius 2 is 2.00 bits per heavy atom. The normalized spacial score (nSPS) is 18.4. The number of benzene rings is 1. The number of amides is 3. The molecule has 122 valence electrons. The monoisotopic (exact) mass is 337 g/mol. The first-order chi connectivity index (χ1) is 10.8. The van der Waals surface area contributed by atoms with Crippen LogP contribution in [0, 0.1) is 24.2 Å². The maximum absolute atomic E-state index is 12.0. The molecule has 1 aliphatic heterocycles. The Hall–Kier alpha value is -2.44. The Morgan fingerprint density at radius 1 is 1.35 bits per heavy atom. The van der Waals surface area contributed by atoms with Gasteiger partial charge in [-0.15, -0.1) is 0 Å². The lowest BCUT2D eigenvalue weighted by molar-refractivity contribution is -0.124. The van der Waals surface area contributed by atoms with Gasteiger partial charge in [-0.1, -0.05) is 17.7 Å². The van der Waals surface area contributed by atoms with Crippen LogP contribution in [0.1, 0.15) is 5.56 Å². The summed E-state index contributed by atoms with van der Waals surface area (Å²) in [6.45, 7) is 1.42. The molecule has 9 heteroatoms. The Morgan fingerprint density at radius 3 is 2.61 bits per heavy atom. The first-order valence-electron chi connectivity index (χ1n) is 6.79. The minimum absolute atomic E-state index is 0.0243. The van der Waals surface area contributed by atoms with E-state index in [-0.39, 0.29) is 24.6 Å².